The summed E-state index contributed by atoms with van der Waals surface area (Å²) in [7, 11) is 1.31. The molecule has 0 atom stereocenters. The minimum atomic E-state index is -0.739. The first-order valence-corrected chi connectivity index (χ1v) is 7.89. The number of benzene rings is 1. The molecular formula is C17H25ClN2O4. The summed E-state index contributed by atoms with van der Waals surface area (Å²) < 4.78 is 9.85. The number of hydrogen-bond donors (Lipinski definition) is 2. The molecule has 1 aliphatic carbocycles. The van der Waals surface area contributed by atoms with Gasteiger partial charge in [-0.3, -0.25) is 4.79 Å². The van der Waals surface area contributed by atoms with Crippen molar-refractivity contribution in [2.24, 2.45) is 5.73 Å². The lowest BCUT2D eigenvalue weighted by molar-refractivity contribution is -0.142. The fraction of sp³-hybridized carbons (Fsp3) is 0.529. The van der Waals surface area contributed by atoms with Crippen LogP contribution in [-0.2, 0) is 20.9 Å². The van der Waals surface area contributed by atoms with Crippen molar-refractivity contribution in [3.63, 3.8) is 0 Å². The van der Waals surface area contributed by atoms with Crippen LogP contribution in [0.15, 0.2) is 24.3 Å². The van der Waals surface area contributed by atoms with Crippen LogP contribution in [0.5, 0.6) is 5.75 Å². The highest BCUT2D eigenvalue weighted by Crippen LogP contribution is 2.26. The first-order valence-electron chi connectivity index (χ1n) is 7.89. The molecule has 2 rings (SSSR count). The Kier molecular flexibility index (Phi) is 8.01. The molecule has 0 heterocycles. The van der Waals surface area contributed by atoms with Gasteiger partial charge in [0.05, 0.1) is 12.6 Å². The van der Waals surface area contributed by atoms with E-state index in [1.807, 2.05) is 12.1 Å². The van der Waals surface area contributed by atoms with E-state index in [-0.39, 0.29) is 24.9 Å². The molecule has 24 heavy (non-hydrogen) atoms. The van der Waals surface area contributed by atoms with Crippen molar-refractivity contribution in [3.05, 3.63) is 29.8 Å². The van der Waals surface area contributed by atoms with Crippen molar-refractivity contribution >= 4 is 24.3 Å². The highest BCUT2D eigenvalue weighted by molar-refractivity contribution is 5.86. The van der Waals surface area contributed by atoms with Crippen molar-refractivity contribution < 1.29 is 19.1 Å². The van der Waals surface area contributed by atoms with Gasteiger partial charge in [-0.1, -0.05) is 31.4 Å². The average Bonchev–Trinajstić information content (AvgIpc) is 2.58. The molecule has 3 N–H and O–H groups in total. The monoisotopic (exact) mass is 356 g/mol. The van der Waals surface area contributed by atoms with Crippen LogP contribution in [0.2, 0.25) is 0 Å². The van der Waals surface area contributed by atoms with Crippen LogP contribution < -0.4 is 15.8 Å². The summed E-state index contributed by atoms with van der Waals surface area (Å²) in [5.74, 6) is 0.0198. The smallest absolute Gasteiger partial charge is 0.343 e. The highest BCUT2D eigenvalue weighted by Gasteiger charge is 2.34. The van der Waals surface area contributed by atoms with E-state index in [9.17, 15) is 9.59 Å². The van der Waals surface area contributed by atoms with Gasteiger partial charge < -0.3 is 20.5 Å². The van der Waals surface area contributed by atoms with Gasteiger partial charge in [-0.25, -0.2) is 4.79 Å². The van der Waals surface area contributed by atoms with Crippen LogP contribution in [0.3, 0.4) is 0 Å². The first kappa shape index (κ1) is 20.3. The molecular weight excluding hydrogens is 332 g/mol. The van der Waals surface area contributed by atoms with Crippen LogP contribution in [0.4, 0.5) is 0 Å². The first-order chi connectivity index (χ1) is 11.0. The third-order valence-electron chi connectivity index (χ3n) is 4.13. The average molecular weight is 357 g/mol. The number of halogens is 1. The number of amides is 1. The van der Waals surface area contributed by atoms with Crippen LogP contribution in [0.25, 0.3) is 0 Å². The number of methoxy groups -OCH3 is 1. The fourth-order valence-electron chi connectivity index (χ4n) is 2.71. The van der Waals surface area contributed by atoms with E-state index < -0.39 is 11.5 Å². The van der Waals surface area contributed by atoms with E-state index in [1.165, 1.54) is 7.11 Å². The molecule has 1 aromatic rings. The van der Waals surface area contributed by atoms with E-state index in [4.69, 9.17) is 10.5 Å². The Morgan fingerprint density at radius 1 is 1.25 bits per heavy atom. The van der Waals surface area contributed by atoms with E-state index >= 15 is 0 Å². The Bertz CT molecular complexity index is 559. The van der Waals surface area contributed by atoms with Crippen molar-refractivity contribution in [1.82, 2.24) is 5.32 Å². The topological polar surface area (TPSA) is 90.6 Å². The molecule has 1 saturated carbocycles. The van der Waals surface area contributed by atoms with Gasteiger partial charge in [0.25, 0.3) is 0 Å². The number of rotatable bonds is 6. The maximum absolute atomic E-state index is 12.3. The summed E-state index contributed by atoms with van der Waals surface area (Å²) >= 11 is 0. The number of nitrogens with one attached hydrogen (secondary N) is 1. The summed E-state index contributed by atoms with van der Waals surface area (Å²) in [4.78, 5) is 23.4. The molecule has 0 saturated heterocycles. The van der Waals surface area contributed by atoms with Crippen LogP contribution in [0.1, 0.15) is 37.7 Å². The number of nitrogens with two attached hydrogens (primary N) is 1. The molecule has 0 radical (unpaired) electrons. The Morgan fingerprint density at radius 2 is 1.96 bits per heavy atom. The molecule has 134 valence electrons. The Labute approximate surface area is 148 Å². The SMILES string of the molecule is COC(=O)COc1cccc(CNC(=O)C2(N)CCCCC2)c1.Cl. The lowest BCUT2D eigenvalue weighted by atomic mass is 9.82. The van der Waals surface area contributed by atoms with Crippen molar-refractivity contribution in [3.8, 4) is 5.75 Å². The molecule has 0 spiro atoms. The zero-order valence-electron chi connectivity index (χ0n) is 13.9. The lowest BCUT2D eigenvalue weighted by Crippen LogP contribution is -2.54. The van der Waals surface area contributed by atoms with E-state index in [2.05, 4.69) is 10.1 Å². The number of ether oxygens (including phenoxy) is 2. The number of esters is 1. The van der Waals surface area contributed by atoms with Crippen LogP contribution in [-0.4, -0.2) is 31.1 Å². The molecule has 6 nitrogen and oxygen atoms in total. The fourth-order valence-corrected chi connectivity index (χ4v) is 2.71. The third-order valence-corrected chi connectivity index (χ3v) is 4.13. The molecule has 0 bridgehead atoms. The van der Waals surface area contributed by atoms with Gasteiger partial charge in [-0.15, -0.1) is 12.4 Å². The van der Waals surface area contributed by atoms with Crippen LogP contribution in [0, 0.1) is 0 Å². The lowest BCUT2D eigenvalue weighted by Gasteiger charge is -2.31. The molecule has 1 aromatic carbocycles. The van der Waals surface area contributed by atoms with E-state index in [1.54, 1.807) is 12.1 Å². The molecule has 7 heteroatoms. The summed E-state index contributed by atoms with van der Waals surface area (Å²) in [6.45, 7) is 0.241. The van der Waals surface area contributed by atoms with E-state index in [0.29, 0.717) is 12.3 Å². The molecule has 0 unspecified atom stereocenters. The molecule has 1 fully saturated rings. The Morgan fingerprint density at radius 3 is 2.62 bits per heavy atom. The molecule has 1 aliphatic rings. The van der Waals surface area contributed by atoms with E-state index in [0.717, 1.165) is 37.7 Å². The predicted molar refractivity (Wildman–Crippen MR) is 93.1 cm³/mol. The maximum Gasteiger partial charge on any atom is 0.343 e. The van der Waals surface area contributed by atoms with Crippen molar-refractivity contribution in [2.75, 3.05) is 13.7 Å². The summed E-state index contributed by atoms with van der Waals surface area (Å²) in [5.41, 5.74) is 6.36. The number of carbonyl (C=O) groups is 2. The largest absolute Gasteiger partial charge is 0.482 e. The zero-order chi connectivity index (χ0) is 16.7. The second kappa shape index (κ2) is 9.49. The van der Waals surface area contributed by atoms with Gasteiger partial charge in [0.2, 0.25) is 5.91 Å². The Hall–Kier alpha value is -1.79. The van der Waals surface area contributed by atoms with Crippen molar-refractivity contribution in [1.29, 1.82) is 0 Å². The normalized spacial score (nSPS) is 15.8. The second-order valence-electron chi connectivity index (χ2n) is 5.91. The minimum Gasteiger partial charge on any atom is -0.482 e. The maximum atomic E-state index is 12.3. The molecule has 0 aromatic heterocycles. The zero-order valence-corrected chi connectivity index (χ0v) is 14.7. The standard InChI is InChI=1S/C17H24N2O4.ClH/c1-22-15(20)12-23-14-7-5-6-13(10-14)11-19-16(21)17(18)8-3-2-4-9-17;/h5-7,10H,2-4,8-9,11-12,18H2,1H3,(H,19,21);1H. The third kappa shape index (κ3) is 5.69. The molecule has 0 aliphatic heterocycles. The van der Waals surface area contributed by atoms with Gasteiger partial charge in [-0.05, 0) is 30.5 Å². The molecule has 1 amide bonds. The van der Waals surface area contributed by atoms with Gasteiger partial charge >= 0.3 is 5.97 Å². The summed E-state index contributed by atoms with van der Waals surface area (Å²) in [5, 5.41) is 2.90. The van der Waals surface area contributed by atoms with Gasteiger partial charge in [0.15, 0.2) is 6.61 Å². The second-order valence-corrected chi connectivity index (χ2v) is 5.91. The van der Waals surface area contributed by atoms with Crippen molar-refractivity contribution in [2.45, 2.75) is 44.2 Å². The summed E-state index contributed by atoms with van der Waals surface area (Å²) in [6, 6.07) is 7.23. The minimum absolute atomic E-state index is 0. The Balaban J connectivity index is 0.00000288. The van der Waals surface area contributed by atoms with Gasteiger partial charge in [-0.2, -0.15) is 0 Å². The van der Waals surface area contributed by atoms with Gasteiger partial charge in [0, 0.05) is 6.54 Å². The number of carbonyl (C=O) groups excluding carboxylic acids is 2. The number of hydrogen-bond acceptors (Lipinski definition) is 5. The van der Waals surface area contributed by atoms with Crippen LogP contribution >= 0.6 is 12.4 Å². The highest BCUT2D eigenvalue weighted by atomic mass is 35.5. The quantitative estimate of drug-likeness (QED) is 0.760. The summed E-state index contributed by atoms with van der Waals surface area (Å²) in [6.07, 6.45) is 4.62. The van der Waals surface area contributed by atoms with Gasteiger partial charge in [0.1, 0.15) is 5.75 Å². The predicted octanol–water partition coefficient (Wildman–Crippen LogP) is 1.94.